The Hall–Kier alpha value is -6.02. The molecule has 0 radical (unpaired) electrons. The highest BCUT2D eigenvalue weighted by molar-refractivity contribution is 6.31. The molecule has 0 amide bonds. The van der Waals surface area contributed by atoms with Crippen LogP contribution in [-0.2, 0) is 0 Å². The van der Waals surface area contributed by atoms with Crippen molar-refractivity contribution >= 4 is 82.3 Å². The molecule has 0 aliphatic heterocycles. The van der Waals surface area contributed by atoms with Crippen LogP contribution in [0.25, 0.3) is 0 Å². The summed E-state index contributed by atoms with van der Waals surface area (Å²) >= 11 is 11.7. The second-order valence-corrected chi connectivity index (χ2v) is 10.1. The van der Waals surface area contributed by atoms with Gasteiger partial charge in [-0.25, -0.2) is 0 Å². The number of nitrogens with one attached hydrogen (secondary N) is 16. The molecule has 0 saturated heterocycles. The Morgan fingerprint density at radius 2 is 0.729 bits per heavy atom. The van der Waals surface area contributed by atoms with Gasteiger partial charge in [0.25, 0.3) is 0 Å². The predicted octanol–water partition coefficient (Wildman–Crippen LogP) is 0.901. The molecule has 0 saturated carbocycles. The highest BCUT2D eigenvalue weighted by Gasteiger charge is 2.03. The first-order valence-corrected chi connectivity index (χ1v) is 14.6. The molecule has 0 unspecified atom stereocenters. The molecule has 262 valence electrons. The Balaban J connectivity index is 0.00000131. The topological polar surface area (TPSA) is 391 Å². The van der Waals surface area contributed by atoms with E-state index in [1.807, 2.05) is 10.6 Å². The van der Waals surface area contributed by atoms with Crippen molar-refractivity contribution in [3.63, 3.8) is 0 Å². The summed E-state index contributed by atoms with van der Waals surface area (Å²) in [4.78, 5) is 0. The Bertz CT molecular complexity index is 1250. The summed E-state index contributed by atoms with van der Waals surface area (Å²) in [5.74, 6) is -1.14. The minimum Gasteiger partial charge on any atom is -0.370 e. The standard InChI is InChI=1S/C22H30Cl2N10.2C2H7N5/c23-15-5-9-17(10-6-15)31-21(27)33-19(25)29-13-3-1-2-4-14-30-20(26)34-22(28)32-18-11-7-16(24)8-12-18;2*3-1(4)7-2(5)6/h5-12H,1-4,13-14H2,(H5,25,27,29,31,33)(H5,26,28,30,32,34);2*(H7,3,4,5,6,7). The van der Waals surface area contributed by atoms with Crippen molar-refractivity contribution in [3.8, 4) is 0 Å². The van der Waals surface area contributed by atoms with Gasteiger partial charge >= 0.3 is 0 Å². The van der Waals surface area contributed by atoms with Gasteiger partial charge in [-0.15, -0.1) is 0 Å². The predicted molar refractivity (Wildman–Crippen MR) is 196 cm³/mol. The first kappa shape index (κ1) is 42.0. The van der Waals surface area contributed by atoms with E-state index in [1.54, 1.807) is 48.5 Å². The number of unbranched alkanes of at least 4 members (excludes halogenated alkanes) is 3. The number of nitrogens with two attached hydrogens (primary N) is 4. The SMILES string of the molecule is N=C(N)NC(=N)N.N=C(N)NC(=N)N.N=C(NCCCCCCNC(=N)NC(=N)Nc1ccc(Cl)cc1)NC(=N)Nc1ccc(Cl)cc1. The molecule has 2 aromatic rings. The van der Waals surface area contributed by atoms with Gasteiger partial charge in [0, 0.05) is 34.5 Å². The maximum absolute atomic E-state index is 7.86. The van der Waals surface area contributed by atoms with Crippen LogP contribution < -0.4 is 65.5 Å². The van der Waals surface area contributed by atoms with Gasteiger partial charge in [-0.2, -0.15) is 0 Å². The molecule has 0 spiro atoms. The number of hydrogen-bond donors (Lipinski definition) is 20. The molecule has 2 rings (SSSR count). The lowest BCUT2D eigenvalue weighted by atomic mass is 10.2. The molecule has 0 fully saturated rings. The first-order chi connectivity index (χ1) is 22.6. The molecule has 0 heterocycles. The Labute approximate surface area is 287 Å². The van der Waals surface area contributed by atoms with Crippen LogP contribution in [0.5, 0.6) is 0 Å². The van der Waals surface area contributed by atoms with Crippen molar-refractivity contribution in [2.75, 3.05) is 23.7 Å². The molecule has 0 bridgehead atoms. The fourth-order valence-electron chi connectivity index (χ4n) is 3.08. The maximum atomic E-state index is 7.86. The second kappa shape index (κ2) is 24.2. The maximum Gasteiger partial charge on any atom is 0.199 e. The molecular formula is C26H44Cl2N20. The van der Waals surface area contributed by atoms with E-state index in [4.69, 9.17) is 89.4 Å². The Morgan fingerprint density at radius 1 is 0.438 bits per heavy atom. The number of benzene rings is 2. The third-order valence-electron chi connectivity index (χ3n) is 4.97. The van der Waals surface area contributed by atoms with Crippen molar-refractivity contribution < 1.29 is 0 Å². The minimum atomic E-state index is -0.312. The van der Waals surface area contributed by atoms with E-state index in [2.05, 4.69) is 31.9 Å². The minimum absolute atomic E-state index is 0.00148. The fraction of sp³-hybridized carbons (Fsp3) is 0.231. The number of guanidine groups is 8. The van der Waals surface area contributed by atoms with Crippen LogP contribution in [0.1, 0.15) is 25.7 Å². The molecule has 24 N–H and O–H groups in total. The number of anilines is 2. The molecule has 0 atom stereocenters. The summed E-state index contributed by atoms with van der Waals surface area (Å²) in [6.45, 7) is 1.25. The largest absolute Gasteiger partial charge is 0.370 e. The van der Waals surface area contributed by atoms with E-state index in [-0.39, 0.29) is 47.7 Å². The van der Waals surface area contributed by atoms with Gasteiger partial charge in [-0.05, 0) is 61.4 Å². The van der Waals surface area contributed by atoms with E-state index in [1.165, 1.54) is 0 Å². The molecule has 0 aromatic heterocycles. The van der Waals surface area contributed by atoms with E-state index < -0.39 is 0 Å². The van der Waals surface area contributed by atoms with Crippen molar-refractivity contribution in [2.24, 2.45) is 22.9 Å². The third kappa shape index (κ3) is 25.3. The number of hydrogen-bond acceptors (Lipinski definition) is 8. The third-order valence-corrected chi connectivity index (χ3v) is 5.48. The van der Waals surface area contributed by atoms with E-state index in [9.17, 15) is 0 Å². The van der Waals surface area contributed by atoms with Gasteiger partial charge in [0.2, 0.25) is 0 Å². The van der Waals surface area contributed by atoms with Gasteiger partial charge < -0.3 is 44.2 Å². The zero-order valence-corrected chi connectivity index (χ0v) is 27.4. The lowest BCUT2D eigenvalue weighted by Crippen LogP contribution is -2.43. The van der Waals surface area contributed by atoms with Crippen LogP contribution in [0.15, 0.2) is 48.5 Å². The monoisotopic (exact) mass is 706 g/mol. The first-order valence-electron chi connectivity index (χ1n) is 13.9. The average Bonchev–Trinajstić information content (AvgIpc) is 2.96. The lowest BCUT2D eigenvalue weighted by molar-refractivity contribution is 0.619. The molecule has 48 heavy (non-hydrogen) atoms. The normalized spacial score (nSPS) is 9.29. The molecule has 20 nitrogen and oxygen atoms in total. The molecule has 0 aliphatic carbocycles. The van der Waals surface area contributed by atoms with E-state index >= 15 is 0 Å². The van der Waals surface area contributed by atoms with E-state index in [0.717, 1.165) is 25.7 Å². The van der Waals surface area contributed by atoms with Crippen molar-refractivity contribution in [2.45, 2.75) is 25.7 Å². The van der Waals surface area contributed by atoms with Crippen molar-refractivity contribution in [1.82, 2.24) is 31.9 Å². The smallest absolute Gasteiger partial charge is 0.199 e. The van der Waals surface area contributed by atoms with Crippen LogP contribution in [0.4, 0.5) is 11.4 Å². The quantitative estimate of drug-likeness (QED) is 0.0982. The summed E-state index contributed by atoms with van der Waals surface area (Å²) in [6.07, 6.45) is 3.70. The summed E-state index contributed by atoms with van der Waals surface area (Å²) in [6, 6.07) is 13.9. The Morgan fingerprint density at radius 3 is 0.979 bits per heavy atom. The summed E-state index contributed by atoms with van der Waals surface area (Å²) in [5.41, 5.74) is 20.4. The molecule has 2 aromatic carbocycles. The van der Waals surface area contributed by atoms with Crippen molar-refractivity contribution in [1.29, 1.82) is 43.3 Å². The average molecular weight is 708 g/mol. The Kier molecular flexibility index (Phi) is 21.2. The highest BCUT2D eigenvalue weighted by Crippen LogP contribution is 2.13. The van der Waals surface area contributed by atoms with Gasteiger partial charge in [-0.1, -0.05) is 36.0 Å². The second-order valence-electron chi connectivity index (χ2n) is 9.19. The summed E-state index contributed by atoms with van der Waals surface area (Å²) in [5, 5.41) is 79.4. The summed E-state index contributed by atoms with van der Waals surface area (Å²) in [7, 11) is 0. The van der Waals surface area contributed by atoms with Crippen LogP contribution in [0, 0.1) is 43.3 Å². The van der Waals surface area contributed by atoms with Crippen LogP contribution in [0.2, 0.25) is 10.0 Å². The lowest BCUT2D eigenvalue weighted by Gasteiger charge is -2.13. The zero-order chi connectivity index (χ0) is 36.5. The van der Waals surface area contributed by atoms with Gasteiger partial charge in [0.15, 0.2) is 47.7 Å². The van der Waals surface area contributed by atoms with Crippen molar-refractivity contribution in [3.05, 3.63) is 58.6 Å². The number of halogens is 2. The highest BCUT2D eigenvalue weighted by atomic mass is 35.5. The van der Waals surface area contributed by atoms with Gasteiger partial charge in [0.1, 0.15) is 0 Å². The fourth-order valence-corrected chi connectivity index (χ4v) is 3.33. The molecular weight excluding hydrogens is 663 g/mol. The van der Waals surface area contributed by atoms with Gasteiger partial charge in [0.05, 0.1) is 0 Å². The summed E-state index contributed by atoms with van der Waals surface area (Å²) < 4.78 is 0. The van der Waals surface area contributed by atoms with Gasteiger partial charge in [-0.3, -0.25) is 64.5 Å². The molecule has 22 heteroatoms. The van der Waals surface area contributed by atoms with Crippen LogP contribution in [-0.4, -0.2) is 60.8 Å². The van der Waals surface area contributed by atoms with Crippen LogP contribution in [0.3, 0.4) is 0 Å². The van der Waals surface area contributed by atoms with E-state index in [0.29, 0.717) is 34.5 Å². The zero-order valence-electron chi connectivity index (χ0n) is 25.9. The number of rotatable bonds is 9. The molecule has 0 aliphatic rings. The van der Waals surface area contributed by atoms with Crippen LogP contribution >= 0.6 is 23.2 Å².